The monoisotopic (exact) mass is 834 g/mol. The third-order valence-corrected chi connectivity index (χ3v) is 11.9. The van der Waals surface area contributed by atoms with Crippen molar-refractivity contribution in [3.05, 3.63) is 71.4 Å². The summed E-state index contributed by atoms with van der Waals surface area (Å²) in [7, 11) is 3.94. The average Bonchev–Trinajstić information content (AvgIpc) is 3.98. The number of anilines is 1. The third-order valence-electron chi connectivity index (χ3n) is 9.73. The number of ether oxygens (including phenoxy) is 1. The van der Waals surface area contributed by atoms with Crippen molar-refractivity contribution in [3.63, 3.8) is 0 Å². The molecule has 5 rings (SSSR count). The number of aliphatic imine (C=N–C) groups is 1. The van der Waals surface area contributed by atoms with Crippen LogP contribution in [0.5, 0.6) is 0 Å². The first-order chi connectivity index (χ1) is 27.9. The minimum Gasteiger partial charge on any atom is -0.480 e. The zero-order valence-electron chi connectivity index (χ0n) is 33.3. The van der Waals surface area contributed by atoms with E-state index in [1.807, 2.05) is 51.4 Å². The van der Waals surface area contributed by atoms with Gasteiger partial charge >= 0.3 is 12.1 Å². The molecule has 4 amide bonds. The van der Waals surface area contributed by atoms with E-state index < -0.39 is 54.0 Å². The number of carbonyl (C=O) groups is 5. The standard InChI is InChI=1S/C41H54N8O7S2/c1-26(2)42-20-10-8-15-30(35(50)43-28-18-19-29-34(23-28)58-39(46-29)38-47-32(25-57-38)40(53)54)44-36(51)31(16-9-11-21-48(3)4)45-37(52)33-17-12-22-49(33)41(55)56-24-27-13-6-5-7-14-27/h5-7,13-14,18-19,23,30-33,42H,1,8-12,15-17,20-22,24-25H2,2-4H3,(H,43,50)(H,44,51)(H,45,52)(H,53,54)/t30-,31-,32+,33-/m0/s1. The molecule has 312 valence electrons. The molecule has 4 atom stereocenters. The van der Waals surface area contributed by atoms with Crippen molar-refractivity contribution in [2.75, 3.05) is 44.8 Å². The lowest BCUT2D eigenvalue weighted by atomic mass is 10.0. The number of carbonyl (C=O) groups excluding carboxylic acids is 4. The fourth-order valence-electron chi connectivity index (χ4n) is 6.63. The summed E-state index contributed by atoms with van der Waals surface area (Å²) < 4.78 is 6.33. The predicted octanol–water partition coefficient (Wildman–Crippen LogP) is 4.98. The number of likely N-dealkylation sites (tertiary alicyclic amines) is 1. The van der Waals surface area contributed by atoms with Crippen LogP contribution in [-0.4, -0.2) is 118 Å². The largest absolute Gasteiger partial charge is 0.480 e. The minimum absolute atomic E-state index is 0.0805. The summed E-state index contributed by atoms with van der Waals surface area (Å²) >= 11 is 2.71. The van der Waals surface area contributed by atoms with Gasteiger partial charge in [-0.3, -0.25) is 24.3 Å². The number of thioether (sulfide) groups is 1. The number of benzene rings is 2. The van der Waals surface area contributed by atoms with Gasteiger partial charge in [-0.2, -0.15) is 0 Å². The topological polar surface area (TPSA) is 195 Å². The number of fused-ring (bicyclic) bond motifs is 1. The molecule has 0 spiro atoms. The molecule has 3 heterocycles. The van der Waals surface area contributed by atoms with Crippen molar-refractivity contribution in [1.82, 2.24) is 30.7 Å². The molecule has 2 aromatic carbocycles. The number of amides is 4. The molecule has 0 unspecified atom stereocenters. The SMILES string of the molecule is C=C(C)NCCCC[C@H](NC(=O)[C@H](CCCCN(C)C)NC(=O)[C@@H]1CCCN1C(=O)OCc1ccccc1)C(=O)Nc1ccc2nc(C3=N[C@@H](C(=O)O)CS3)sc2c1. The number of aromatic nitrogens is 1. The average molecular weight is 835 g/mol. The molecule has 1 saturated heterocycles. The molecule has 0 aliphatic carbocycles. The maximum Gasteiger partial charge on any atom is 0.410 e. The van der Waals surface area contributed by atoms with Crippen LogP contribution in [0, 0.1) is 0 Å². The Morgan fingerprint density at radius 2 is 1.74 bits per heavy atom. The summed E-state index contributed by atoms with van der Waals surface area (Å²) in [6, 6.07) is 11.2. The second kappa shape index (κ2) is 21.7. The van der Waals surface area contributed by atoms with Gasteiger partial charge < -0.3 is 36.0 Å². The Bertz CT molecular complexity index is 1960. The zero-order valence-corrected chi connectivity index (χ0v) is 35.0. The minimum atomic E-state index is -0.974. The third kappa shape index (κ3) is 13.0. The van der Waals surface area contributed by atoms with E-state index in [1.54, 1.807) is 18.2 Å². The summed E-state index contributed by atoms with van der Waals surface area (Å²) in [6.07, 6.45) is 3.94. The van der Waals surface area contributed by atoms with Gasteiger partial charge in [0.15, 0.2) is 6.04 Å². The highest BCUT2D eigenvalue weighted by molar-refractivity contribution is 8.15. The highest BCUT2D eigenvalue weighted by Crippen LogP contribution is 2.31. The lowest BCUT2D eigenvalue weighted by Crippen LogP contribution is -2.55. The van der Waals surface area contributed by atoms with E-state index in [4.69, 9.17) is 4.74 Å². The van der Waals surface area contributed by atoms with Gasteiger partial charge in [-0.25, -0.2) is 14.6 Å². The Morgan fingerprint density at radius 3 is 2.45 bits per heavy atom. The summed E-state index contributed by atoms with van der Waals surface area (Å²) in [5.41, 5.74) is 2.87. The van der Waals surface area contributed by atoms with E-state index in [0.29, 0.717) is 78.6 Å². The molecule has 0 bridgehead atoms. The van der Waals surface area contributed by atoms with Gasteiger partial charge in [0.05, 0.1) is 10.2 Å². The second-order valence-corrected chi connectivity index (χ2v) is 16.8. The van der Waals surface area contributed by atoms with Crippen LogP contribution in [0.15, 0.2) is 65.8 Å². The highest BCUT2D eigenvalue weighted by Gasteiger charge is 2.37. The Labute approximate surface area is 347 Å². The van der Waals surface area contributed by atoms with Gasteiger partial charge in [0, 0.05) is 30.2 Å². The predicted molar refractivity (Wildman–Crippen MR) is 228 cm³/mol. The molecule has 0 saturated carbocycles. The van der Waals surface area contributed by atoms with Crippen molar-refractivity contribution in [2.24, 2.45) is 4.99 Å². The number of unbranched alkanes of at least 4 members (excludes halogenated alkanes) is 2. The number of hydrogen-bond acceptors (Lipinski definition) is 12. The van der Waals surface area contributed by atoms with Crippen molar-refractivity contribution < 1.29 is 33.8 Å². The summed E-state index contributed by atoms with van der Waals surface area (Å²) in [5, 5.41) is 22.6. The first-order valence-corrected chi connectivity index (χ1v) is 21.5. The number of thiazole rings is 1. The van der Waals surface area contributed by atoms with E-state index in [0.717, 1.165) is 35.3 Å². The summed E-state index contributed by atoms with van der Waals surface area (Å²) in [6.45, 7) is 7.65. The van der Waals surface area contributed by atoms with Crippen LogP contribution < -0.4 is 21.3 Å². The van der Waals surface area contributed by atoms with Gasteiger partial charge in [-0.1, -0.05) is 36.9 Å². The van der Waals surface area contributed by atoms with Crippen LogP contribution >= 0.6 is 23.1 Å². The van der Waals surface area contributed by atoms with Crippen LogP contribution in [0.4, 0.5) is 10.5 Å². The Hall–Kier alpha value is -5.00. The maximum absolute atomic E-state index is 14.1. The normalized spacial score (nSPS) is 17.4. The Kier molecular flexibility index (Phi) is 16.5. The van der Waals surface area contributed by atoms with E-state index in [-0.39, 0.29) is 6.61 Å². The molecule has 3 aromatic rings. The Morgan fingerprint density at radius 1 is 1.00 bits per heavy atom. The maximum atomic E-state index is 14.1. The van der Waals surface area contributed by atoms with E-state index in [2.05, 4.69) is 42.7 Å². The molecule has 5 N–H and O–H groups in total. The lowest BCUT2D eigenvalue weighted by molar-refractivity contribution is -0.137. The Balaban J connectivity index is 1.28. The first-order valence-electron chi connectivity index (χ1n) is 19.7. The number of hydrogen-bond donors (Lipinski definition) is 5. The van der Waals surface area contributed by atoms with Gasteiger partial charge in [-0.15, -0.1) is 23.1 Å². The number of rotatable bonds is 21. The summed E-state index contributed by atoms with van der Waals surface area (Å²) in [5.74, 6) is -1.95. The van der Waals surface area contributed by atoms with E-state index in [1.165, 1.54) is 28.0 Å². The quantitative estimate of drug-likeness (QED) is 0.0910. The van der Waals surface area contributed by atoms with Crippen molar-refractivity contribution in [1.29, 1.82) is 0 Å². The van der Waals surface area contributed by atoms with Gasteiger partial charge in [0.2, 0.25) is 17.7 Å². The molecule has 2 aliphatic rings. The van der Waals surface area contributed by atoms with Crippen molar-refractivity contribution in [3.8, 4) is 0 Å². The van der Waals surface area contributed by atoms with Gasteiger partial charge in [0.25, 0.3) is 0 Å². The van der Waals surface area contributed by atoms with Crippen LogP contribution in [0.3, 0.4) is 0 Å². The fraction of sp³-hybridized carbons (Fsp3) is 0.488. The molecule has 0 radical (unpaired) electrons. The zero-order chi connectivity index (χ0) is 41.6. The number of nitrogens with zero attached hydrogens (tertiary/aromatic N) is 4. The smallest absolute Gasteiger partial charge is 0.410 e. The van der Waals surface area contributed by atoms with Crippen LogP contribution in [-0.2, 0) is 30.5 Å². The molecule has 2 aliphatic heterocycles. The van der Waals surface area contributed by atoms with Crippen molar-refractivity contribution in [2.45, 2.75) is 89.1 Å². The van der Waals surface area contributed by atoms with Gasteiger partial charge in [-0.05, 0) is 103 Å². The van der Waals surface area contributed by atoms with E-state index in [9.17, 15) is 29.1 Å². The number of carboxylic acid groups (broad SMARTS) is 1. The fourth-order valence-corrected chi connectivity index (χ4v) is 8.73. The molecule has 15 nitrogen and oxygen atoms in total. The molecular formula is C41H54N8O7S2. The number of aliphatic carboxylic acids is 1. The van der Waals surface area contributed by atoms with Crippen LogP contribution in [0.2, 0.25) is 0 Å². The molecule has 58 heavy (non-hydrogen) atoms. The van der Waals surface area contributed by atoms with Crippen LogP contribution in [0.25, 0.3) is 10.2 Å². The number of allylic oxidation sites excluding steroid dienone is 1. The highest BCUT2D eigenvalue weighted by atomic mass is 32.2. The summed E-state index contributed by atoms with van der Waals surface area (Å²) in [4.78, 5) is 78.8. The molecular weight excluding hydrogens is 781 g/mol. The van der Waals surface area contributed by atoms with Crippen LogP contribution in [0.1, 0.15) is 68.9 Å². The molecule has 1 aromatic heterocycles. The molecule has 1 fully saturated rings. The first kappa shape index (κ1) is 44.1. The number of nitrogens with one attached hydrogen (secondary N) is 4. The van der Waals surface area contributed by atoms with Gasteiger partial charge in [0.1, 0.15) is 34.8 Å². The van der Waals surface area contributed by atoms with Crippen molar-refractivity contribution >= 4 is 73.8 Å². The number of carboxylic acids is 1. The van der Waals surface area contributed by atoms with E-state index >= 15 is 0 Å². The second-order valence-electron chi connectivity index (χ2n) is 14.8. The molecule has 17 heteroatoms. The lowest BCUT2D eigenvalue weighted by Gasteiger charge is -2.27.